The molecule has 1 fully saturated rings. The molecule has 1 atom stereocenters. The summed E-state index contributed by atoms with van der Waals surface area (Å²) in [6.07, 6.45) is 2.36. The number of sulfonamides is 1. The van der Waals surface area contributed by atoms with Crippen molar-refractivity contribution in [2.45, 2.75) is 50.3 Å². The number of hydrogen-bond acceptors (Lipinski definition) is 4. The fourth-order valence-corrected chi connectivity index (χ4v) is 3.11. The third kappa shape index (κ3) is 5.39. The Labute approximate surface area is 127 Å². The highest BCUT2D eigenvalue weighted by Gasteiger charge is 2.20. The van der Waals surface area contributed by atoms with Gasteiger partial charge in [0.05, 0.1) is 11.0 Å². The molecule has 21 heavy (non-hydrogen) atoms. The van der Waals surface area contributed by atoms with Gasteiger partial charge < -0.3 is 10.1 Å². The third-order valence-electron chi connectivity index (χ3n) is 3.42. The molecule has 1 aromatic carbocycles. The predicted molar refractivity (Wildman–Crippen MR) is 82.6 cm³/mol. The highest BCUT2D eigenvalue weighted by Crippen LogP contribution is 2.19. The lowest BCUT2D eigenvalue weighted by Crippen LogP contribution is -2.32. The Bertz CT molecular complexity index is 539. The summed E-state index contributed by atoms with van der Waals surface area (Å²) in [7, 11) is -3.46. The van der Waals surface area contributed by atoms with Crippen molar-refractivity contribution in [3.8, 4) is 0 Å². The Morgan fingerprint density at radius 2 is 1.95 bits per heavy atom. The molecule has 0 saturated heterocycles. The SMILES string of the molecule is CCOC(C)CNS(=O)(=O)c1ccc(CNC2CC2)cc1. The lowest BCUT2D eigenvalue weighted by atomic mass is 10.2. The van der Waals surface area contributed by atoms with Gasteiger partial charge in [0, 0.05) is 25.7 Å². The van der Waals surface area contributed by atoms with Gasteiger partial charge in [0.1, 0.15) is 0 Å². The topological polar surface area (TPSA) is 67.4 Å². The quantitative estimate of drug-likeness (QED) is 0.727. The minimum atomic E-state index is -3.46. The van der Waals surface area contributed by atoms with Gasteiger partial charge in [-0.15, -0.1) is 0 Å². The van der Waals surface area contributed by atoms with E-state index in [1.165, 1.54) is 12.8 Å². The van der Waals surface area contributed by atoms with Gasteiger partial charge in [0.15, 0.2) is 0 Å². The number of hydrogen-bond donors (Lipinski definition) is 2. The van der Waals surface area contributed by atoms with Gasteiger partial charge in [0.25, 0.3) is 0 Å². The average Bonchev–Trinajstić information content (AvgIpc) is 3.28. The van der Waals surface area contributed by atoms with Crippen molar-refractivity contribution in [3.63, 3.8) is 0 Å². The maximum atomic E-state index is 12.1. The molecular formula is C15H24N2O3S. The number of ether oxygens (including phenoxy) is 1. The van der Waals surface area contributed by atoms with Crippen LogP contribution in [0.5, 0.6) is 0 Å². The van der Waals surface area contributed by atoms with E-state index in [0.29, 0.717) is 17.5 Å². The third-order valence-corrected chi connectivity index (χ3v) is 4.86. The molecule has 1 aromatic rings. The van der Waals surface area contributed by atoms with Crippen molar-refractivity contribution in [3.05, 3.63) is 29.8 Å². The second kappa shape index (κ2) is 7.35. The van der Waals surface area contributed by atoms with E-state index in [9.17, 15) is 8.42 Å². The first-order valence-corrected chi connectivity index (χ1v) is 8.93. The zero-order chi connectivity index (χ0) is 15.3. The zero-order valence-electron chi connectivity index (χ0n) is 12.6. The molecule has 0 amide bonds. The Morgan fingerprint density at radius 3 is 2.52 bits per heavy atom. The fourth-order valence-electron chi connectivity index (χ4n) is 1.99. The molecule has 0 radical (unpaired) electrons. The minimum Gasteiger partial charge on any atom is -0.377 e. The van der Waals surface area contributed by atoms with Crippen LogP contribution in [0.2, 0.25) is 0 Å². The molecule has 0 aliphatic heterocycles. The van der Waals surface area contributed by atoms with E-state index in [1.54, 1.807) is 12.1 Å². The van der Waals surface area contributed by atoms with Crippen LogP contribution in [0.15, 0.2) is 29.2 Å². The van der Waals surface area contributed by atoms with Gasteiger partial charge in [-0.25, -0.2) is 13.1 Å². The van der Waals surface area contributed by atoms with Crippen molar-refractivity contribution in [2.24, 2.45) is 0 Å². The molecule has 1 saturated carbocycles. The second-order valence-electron chi connectivity index (χ2n) is 5.42. The van der Waals surface area contributed by atoms with Crippen molar-refractivity contribution in [1.29, 1.82) is 0 Å². The first-order chi connectivity index (χ1) is 10.0. The maximum Gasteiger partial charge on any atom is 0.240 e. The molecule has 1 unspecified atom stereocenters. The van der Waals surface area contributed by atoms with E-state index in [1.807, 2.05) is 26.0 Å². The lowest BCUT2D eigenvalue weighted by Gasteiger charge is -2.13. The first kappa shape index (κ1) is 16.4. The van der Waals surface area contributed by atoms with Crippen LogP contribution >= 0.6 is 0 Å². The molecule has 1 aliphatic carbocycles. The molecule has 1 aliphatic rings. The number of benzene rings is 1. The molecule has 0 heterocycles. The molecule has 0 bridgehead atoms. The van der Waals surface area contributed by atoms with E-state index in [0.717, 1.165) is 12.1 Å². The molecule has 5 nitrogen and oxygen atoms in total. The summed E-state index contributed by atoms with van der Waals surface area (Å²) in [5, 5.41) is 3.40. The fraction of sp³-hybridized carbons (Fsp3) is 0.600. The highest BCUT2D eigenvalue weighted by molar-refractivity contribution is 7.89. The summed E-state index contributed by atoms with van der Waals surface area (Å²) in [6.45, 7) is 5.38. The van der Waals surface area contributed by atoms with Crippen molar-refractivity contribution < 1.29 is 13.2 Å². The lowest BCUT2D eigenvalue weighted by molar-refractivity contribution is 0.0799. The zero-order valence-corrected chi connectivity index (χ0v) is 13.4. The van der Waals surface area contributed by atoms with Gasteiger partial charge in [-0.2, -0.15) is 0 Å². The predicted octanol–water partition coefficient (Wildman–Crippen LogP) is 1.64. The van der Waals surface area contributed by atoms with E-state index in [-0.39, 0.29) is 12.6 Å². The average molecular weight is 312 g/mol. The van der Waals surface area contributed by atoms with Crippen LogP contribution in [0.1, 0.15) is 32.3 Å². The summed E-state index contributed by atoms with van der Waals surface area (Å²) in [5.74, 6) is 0. The van der Waals surface area contributed by atoms with Crippen LogP contribution < -0.4 is 10.0 Å². The van der Waals surface area contributed by atoms with E-state index < -0.39 is 10.0 Å². The summed E-state index contributed by atoms with van der Waals surface area (Å²) < 4.78 is 32.2. The molecule has 6 heteroatoms. The van der Waals surface area contributed by atoms with Gasteiger partial charge in [0.2, 0.25) is 10.0 Å². The highest BCUT2D eigenvalue weighted by atomic mass is 32.2. The monoisotopic (exact) mass is 312 g/mol. The van der Waals surface area contributed by atoms with Gasteiger partial charge in [-0.05, 0) is 44.4 Å². The number of nitrogens with one attached hydrogen (secondary N) is 2. The van der Waals surface area contributed by atoms with E-state index in [2.05, 4.69) is 10.0 Å². The molecule has 2 N–H and O–H groups in total. The van der Waals surface area contributed by atoms with Crippen LogP contribution in [0.25, 0.3) is 0 Å². The second-order valence-corrected chi connectivity index (χ2v) is 7.18. The summed E-state index contributed by atoms with van der Waals surface area (Å²) >= 11 is 0. The summed E-state index contributed by atoms with van der Waals surface area (Å²) in [4.78, 5) is 0.293. The van der Waals surface area contributed by atoms with Crippen molar-refractivity contribution in [2.75, 3.05) is 13.2 Å². The molecule has 118 valence electrons. The Balaban J connectivity index is 1.89. The number of rotatable bonds is 9. The smallest absolute Gasteiger partial charge is 0.240 e. The molecule has 0 aromatic heterocycles. The van der Waals surface area contributed by atoms with Gasteiger partial charge in [-0.1, -0.05) is 12.1 Å². The largest absolute Gasteiger partial charge is 0.377 e. The minimum absolute atomic E-state index is 0.133. The van der Waals surface area contributed by atoms with E-state index in [4.69, 9.17) is 4.74 Å². The Kier molecular flexibility index (Phi) is 5.75. The van der Waals surface area contributed by atoms with Gasteiger partial charge >= 0.3 is 0 Å². The van der Waals surface area contributed by atoms with Crippen LogP contribution in [-0.2, 0) is 21.3 Å². The summed E-state index contributed by atoms with van der Waals surface area (Å²) in [5.41, 5.74) is 1.10. The van der Waals surface area contributed by atoms with E-state index >= 15 is 0 Å². The Morgan fingerprint density at radius 1 is 1.29 bits per heavy atom. The van der Waals surface area contributed by atoms with Crippen LogP contribution in [0, 0.1) is 0 Å². The summed E-state index contributed by atoms with van der Waals surface area (Å²) in [6, 6.07) is 7.66. The normalized spacial score (nSPS) is 16.9. The van der Waals surface area contributed by atoms with Crippen LogP contribution in [0.3, 0.4) is 0 Å². The molecular weight excluding hydrogens is 288 g/mol. The van der Waals surface area contributed by atoms with Gasteiger partial charge in [-0.3, -0.25) is 0 Å². The van der Waals surface area contributed by atoms with Crippen molar-refractivity contribution in [1.82, 2.24) is 10.0 Å². The van der Waals surface area contributed by atoms with Crippen LogP contribution in [-0.4, -0.2) is 33.7 Å². The molecule has 0 spiro atoms. The first-order valence-electron chi connectivity index (χ1n) is 7.45. The van der Waals surface area contributed by atoms with Crippen molar-refractivity contribution >= 4 is 10.0 Å². The molecule has 2 rings (SSSR count). The van der Waals surface area contributed by atoms with Crippen LogP contribution in [0.4, 0.5) is 0 Å². The Hall–Kier alpha value is -0.950. The maximum absolute atomic E-state index is 12.1. The standard InChI is InChI=1S/C15H24N2O3S/c1-3-20-12(2)10-17-21(18,19)15-8-4-13(5-9-15)11-16-14-6-7-14/h4-5,8-9,12,14,16-17H,3,6-7,10-11H2,1-2H3.